The average molecular weight is 372 g/mol. The maximum absolute atomic E-state index is 13.4. The molecule has 2 N–H and O–H groups in total. The minimum atomic E-state index is -2.57. The number of hydrogen-bond donors (Lipinski definition) is 2. The Morgan fingerprint density at radius 1 is 1.33 bits per heavy atom. The van der Waals surface area contributed by atoms with Crippen molar-refractivity contribution in [2.75, 3.05) is 0 Å². The van der Waals surface area contributed by atoms with E-state index >= 15 is 0 Å². The molecule has 5 nitrogen and oxygen atoms in total. The van der Waals surface area contributed by atoms with Crippen LogP contribution in [0.4, 0.5) is 8.78 Å². The molecule has 3 aliphatic rings. The SMILES string of the molecule is CC[C@@]1(c2cccc(C(F)F)c2)C2=CN=NC2NC2=C1C(=O)NC(C)(C)C2. The third-order valence-electron chi connectivity index (χ3n) is 5.67. The highest BCUT2D eigenvalue weighted by Gasteiger charge is 2.53. The van der Waals surface area contributed by atoms with Crippen LogP contribution in [0.15, 0.2) is 57.5 Å². The number of rotatable bonds is 3. The van der Waals surface area contributed by atoms with Gasteiger partial charge in [-0.3, -0.25) is 4.79 Å². The molecule has 3 heterocycles. The highest BCUT2D eigenvalue weighted by Crippen LogP contribution is 2.51. The van der Waals surface area contributed by atoms with Crippen LogP contribution in [-0.4, -0.2) is 17.6 Å². The number of alkyl halides is 2. The van der Waals surface area contributed by atoms with Crippen LogP contribution in [0.1, 0.15) is 51.2 Å². The molecule has 4 rings (SSSR count). The summed E-state index contributed by atoms with van der Waals surface area (Å²) in [5.74, 6) is -0.177. The topological polar surface area (TPSA) is 65.8 Å². The monoisotopic (exact) mass is 372 g/mol. The Balaban J connectivity index is 1.98. The lowest BCUT2D eigenvalue weighted by Gasteiger charge is -2.48. The van der Waals surface area contributed by atoms with Crippen molar-refractivity contribution >= 4 is 5.91 Å². The summed E-state index contributed by atoms with van der Waals surface area (Å²) < 4.78 is 26.7. The van der Waals surface area contributed by atoms with Crippen LogP contribution < -0.4 is 10.6 Å². The molecule has 0 saturated carbocycles. The fourth-order valence-corrected chi connectivity index (χ4v) is 4.55. The summed E-state index contributed by atoms with van der Waals surface area (Å²) in [5.41, 5.74) is 1.62. The molecule has 0 fully saturated rings. The van der Waals surface area contributed by atoms with E-state index in [0.29, 0.717) is 24.0 Å². The van der Waals surface area contributed by atoms with Crippen LogP contribution >= 0.6 is 0 Å². The van der Waals surface area contributed by atoms with E-state index in [1.807, 2.05) is 26.8 Å². The molecule has 0 aromatic heterocycles. The van der Waals surface area contributed by atoms with E-state index in [1.54, 1.807) is 12.3 Å². The lowest BCUT2D eigenvalue weighted by Crippen LogP contribution is -2.58. The van der Waals surface area contributed by atoms with Crippen molar-refractivity contribution < 1.29 is 13.6 Å². The predicted octanol–water partition coefficient (Wildman–Crippen LogP) is 4.10. The number of carbonyl (C=O) groups is 1. The zero-order chi connectivity index (χ0) is 19.4. The van der Waals surface area contributed by atoms with Gasteiger partial charge in [0.25, 0.3) is 12.3 Å². The Hall–Kier alpha value is -2.57. The van der Waals surface area contributed by atoms with E-state index in [1.165, 1.54) is 12.1 Å². The fraction of sp³-hybridized carbons (Fsp3) is 0.450. The van der Waals surface area contributed by atoms with Gasteiger partial charge in [0.2, 0.25) is 0 Å². The van der Waals surface area contributed by atoms with Crippen molar-refractivity contribution in [2.24, 2.45) is 10.2 Å². The minimum Gasteiger partial charge on any atom is -0.362 e. The van der Waals surface area contributed by atoms with Gasteiger partial charge in [0.15, 0.2) is 6.17 Å². The Kier molecular flexibility index (Phi) is 3.94. The van der Waals surface area contributed by atoms with Crippen LogP contribution in [0.3, 0.4) is 0 Å². The van der Waals surface area contributed by atoms with E-state index < -0.39 is 17.4 Å². The predicted molar refractivity (Wildman–Crippen MR) is 97.1 cm³/mol. The molecule has 3 aliphatic heterocycles. The summed E-state index contributed by atoms with van der Waals surface area (Å²) in [4.78, 5) is 13.2. The highest BCUT2D eigenvalue weighted by atomic mass is 19.3. The van der Waals surface area contributed by atoms with Gasteiger partial charge in [-0.1, -0.05) is 25.1 Å². The molecule has 0 spiro atoms. The number of nitrogens with one attached hydrogen (secondary N) is 2. The normalized spacial score (nSPS) is 28.4. The zero-order valence-corrected chi connectivity index (χ0v) is 15.5. The number of benzene rings is 1. The van der Waals surface area contributed by atoms with Crippen molar-refractivity contribution in [3.05, 3.63) is 58.4 Å². The maximum atomic E-state index is 13.4. The minimum absolute atomic E-state index is 0.0541. The molecule has 0 saturated heterocycles. The maximum Gasteiger partial charge on any atom is 0.263 e. The van der Waals surface area contributed by atoms with Crippen molar-refractivity contribution in [2.45, 2.75) is 57.2 Å². The van der Waals surface area contributed by atoms with Gasteiger partial charge in [-0.15, -0.1) is 0 Å². The number of nitrogens with zero attached hydrogens (tertiary/aromatic N) is 2. The van der Waals surface area contributed by atoms with Gasteiger partial charge >= 0.3 is 0 Å². The van der Waals surface area contributed by atoms with E-state index in [9.17, 15) is 13.6 Å². The molecular formula is C20H22F2N4O. The van der Waals surface area contributed by atoms with Gasteiger partial charge in [-0.25, -0.2) is 8.78 Å². The summed E-state index contributed by atoms with van der Waals surface area (Å²) in [7, 11) is 0. The highest BCUT2D eigenvalue weighted by molar-refractivity contribution is 6.00. The van der Waals surface area contributed by atoms with Crippen LogP contribution in [0.2, 0.25) is 0 Å². The number of azo groups is 1. The zero-order valence-electron chi connectivity index (χ0n) is 15.5. The quantitative estimate of drug-likeness (QED) is 0.839. The second-order valence-corrected chi connectivity index (χ2v) is 7.92. The molecule has 7 heteroatoms. The number of hydrogen-bond acceptors (Lipinski definition) is 4. The fourth-order valence-electron chi connectivity index (χ4n) is 4.55. The molecule has 142 valence electrons. The van der Waals surface area contributed by atoms with E-state index in [0.717, 1.165) is 11.3 Å². The third-order valence-corrected chi connectivity index (χ3v) is 5.67. The number of fused-ring (bicyclic) bond motifs is 1. The van der Waals surface area contributed by atoms with Crippen LogP contribution in [-0.2, 0) is 10.2 Å². The van der Waals surface area contributed by atoms with Crippen molar-refractivity contribution in [3.63, 3.8) is 0 Å². The largest absolute Gasteiger partial charge is 0.362 e. The summed E-state index contributed by atoms with van der Waals surface area (Å²) in [6.07, 6.45) is -0.130. The molecule has 2 atom stereocenters. The van der Waals surface area contributed by atoms with E-state index in [4.69, 9.17) is 0 Å². The third kappa shape index (κ3) is 2.59. The Morgan fingerprint density at radius 2 is 2.11 bits per heavy atom. The van der Waals surface area contributed by atoms with Crippen molar-refractivity contribution in [1.82, 2.24) is 10.6 Å². The molecule has 0 aliphatic carbocycles. The van der Waals surface area contributed by atoms with E-state index in [2.05, 4.69) is 20.9 Å². The second kappa shape index (κ2) is 5.97. The number of carbonyl (C=O) groups excluding carboxylic acids is 1. The van der Waals surface area contributed by atoms with Gasteiger partial charge in [-0.2, -0.15) is 10.2 Å². The van der Waals surface area contributed by atoms with Gasteiger partial charge in [0.1, 0.15) is 0 Å². The van der Waals surface area contributed by atoms with Crippen molar-refractivity contribution in [3.8, 4) is 0 Å². The lowest BCUT2D eigenvalue weighted by molar-refractivity contribution is -0.120. The summed E-state index contributed by atoms with van der Waals surface area (Å²) in [6, 6.07) is 6.36. The molecular weight excluding hydrogens is 350 g/mol. The van der Waals surface area contributed by atoms with Gasteiger partial charge < -0.3 is 10.6 Å². The van der Waals surface area contributed by atoms with Crippen LogP contribution in [0.5, 0.6) is 0 Å². The van der Waals surface area contributed by atoms with Crippen molar-refractivity contribution in [1.29, 1.82) is 0 Å². The molecule has 1 amide bonds. The first kappa shape index (κ1) is 17.8. The Morgan fingerprint density at radius 3 is 2.81 bits per heavy atom. The summed E-state index contributed by atoms with van der Waals surface area (Å²) in [5, 5.41) is 14.7. The molecule has 1 unspecified atom stereocenters. The molecule has 1 aromatic rings. The Labute approximate surface area is 156 Å². The summed E-state index contributed by atoms with van der Waals surface area (Å²) >= 11 is 0. The molecule has 0 bridgehead atoms. The first-order valence-corrected chi connectivity index (χ1v) is 9.10. The Bertz CT molecular complexity index is 903. The molecule has 27 heavy (non-hydrogen) atoms. The average Bonchev–Trinajstić information content (AvgIpc) is 3.07. The molecule has 0 radical (unpaired) electrons. The number of amides is 1. The van der Waals surface area contributed by atoms with E-state index in [-0.39, 0.29) is 17.6 Å². The van der Waals surface area contributed by atoms with Gasteiger partial charge in [0.05, 0.1) is 17.2 Å². The summed E-state index contributed by atoms with van der Waals surface area (Å²) in [6.45, 7) is 5.89. The first-order chi connectivity index (χ1) is 12.8. The van der Waals surface area contributed by atoms with Gasteiger partial charge in [0, 0.05) is 28.8 Å². The van der Waals surface area contributed by atoms with Crippen LogP contribution in [0.25, 0.3) is 0 Å². The van der Waals surface area contributed by atoms with Crippen LogP contribution in [0, 0.1) is 0 Å². The smallest absolute Gasteiger partial charge is 0.263 e. The molecule has 1 aromatic carbocycles. The lowest BCUT2D eigenvalue weighted by atomic mass is 9.62. The number of halogens is 2. The first-order valence-electron chi connectivity index (χ1n) is 9.10. The standard InChI is InChI=1S/C20H22F2N4O/c1-4-20(12-7-5-6-11(8-12)16(21)22)13-10-23-26-17(13)24-14-9-19(2,3)25-18(27)15(14)20/h5-8,10,16-17,24H,4,9H2,1-3H3,(H,25,27)/t17?,20-/m1/s1. The van der Waals surface area contributed by atoms with Gasteiger partial charge in [-0.05, 0) is 31.9 Å². The second-order valence-electron chi connectivity index (χ2n) is 7.92.